The van der Waals surface area contributed by atoms with E-state index in [0.29, 0.717) is 10.8 Å². The zero-order valence-electron chi connectivity index (χ0n) is 24.7. The number of rotatable bonds is 2. The summed E-state index contributed by atoms with van der Waals surface area (Å²) in [5.74, 6) is 0. The molecule has 0 atom stereocenters. The SMILES string of the molecule is N#CC(C#N)=c1nc2ccc3c(-c4ccc(C(F)(F)F)cc4)c4c(ccc5nc(=C(C#N)C#N)oc54)c(-c4ccc(C(F)(F)F)cc4)c3c2o1. The van der Waals surface area contributed by atoms with Crippen molar-refractivity contribution in [3.8, 4) is 46.5 Å². The Morgan fingerprint density at radius 2 is 0.840 bits per heavy atom. The molecule has 0 saturated carbocycles. The molecule has 0 bridgehead atoms. The normalized spacial score (nSPS) is 11.7. The number of benzene rings is 5. The predicted octanol–water partition coefficient (Wildman–Crippen LogP) is 8.04. The topological polar surface area (TPSA) is 147 Å². The number of halogens is 6. The van der Waals surface area contributed by atoms with E-state index in [4.69, 9.17) is 8.83 Å². The molecule has 14 heteroatoms. The van der Waals surface area contributed by atoms with Gasteiger partial charge in [-0.15, -0.1) is 0 Å². The summed E-state index contributed by atoms with van der Waals surface area (Å²) in [6.07, 6.45) is -9.30. The summed E-state index contributed by atoms with van der Waals surface area (Å²) in [6.45, 7) is 0. The number of nitriles is 4. The third kappa shape index (κ3) is 4.92. The summed E-state index contributed by atoms with van der Waals surface area (Å²) in [6, 6.07) is 21.4. The van der Waals surface area contributed by atoms with Gasteiger partial charge >= 0.3 is 12.4 Å². The van der Waals surface area contributed by atoms with Crippen LogP contribution in [0.3, 0.4) is 0 Å². The second kappa shape index (κ2) is 11.2. The van der Waals surface area contributed by atoms with Crippen molar-refractivity contribution in [2.45, 2.75) is 12.4 Å². The molecule has 0 unspecified atom stereocenters. The number of oxazole rings is 2. The van der Waals surface area contributed by atoms with Gasteiger partial charge in [-0.1, -0.05) is 36.4 Å². The maximum Gasteiger partial charge on any atom is 0.416 e. The first-order valence-corrected chi connectivity index (χ1v) is 14.2. The number of alkyl halides is 6. The average molecular weight is 675 g/mol. The smallest absolute Gasteiger partial charge is 0.416 e. The van der Waals surface area contributed by atoms with Gasteiger partial charge in [0, 0.05) is 21.9 Å². The minimum atomic E-state index is -4.65. The van der Waals surface area contributed by atoms with Crippen LogP contribution in [0.15, 0.2) is 81.6 Å². The highest BCUT2D eigenvalue weighted by Crippen LogP contribution is 2.48. The Balaban J connectivity index is 1.76. The van der Waals surface area contributed by atoms with E-state index in [1.807, 2.05) is 0 Å². The van der Waals surface area contributed by atoms with E-state index in [0.717, 1.165) is 24.3 Å². The number of hydrogen-bond acceptors (Lipinski definition) is 8. The maximum absolute atomic E-state index is 13.6. The van der Waals surface area contributed by atoms with E-state index >= 15 is 0 Å². The number of hydrogen-bond donors (Lipinski definition) is 0. The Bertz CT molecular complexity index is 2640. The van der Waals surface area contributed by atoms with Gasteiger partial charge in [0.25, 0.3) is 0 Å². The largest absolute Gasteiger partial charge is 0.434 e. The van der Waals surface area contributed by atoms with Gasteiger partial charge in [0.1, 0.15) is 35.3 Å². The van der Waals surface area contributed by atoms with Gasteiger partial charge in [-0.05, 0) is 58.3 Å². The molecule has 8 nitrogen and oxygen atoms in total. The fourth-order valence-corrected chi connectivity index (χ4v) is 5.87. The van der Waals surface area contributed by atoms with Crippen LogP contribution in [-0.2, 0) is 12.4 Å². The van der Waals surface area contributed by atoms with Crippen LogP contribution >= 0.6 is 0 Å². The summed E-state index contributed by atoms with van der Waals surface area (Å²) < 4.78 is 93.6. The summed E-state index contributed by atoms with van der Waals surface area (Å²) >= 11 is 0. The third-order valence-electron chi connectivity index (χ3n) is 8.03. The quantitative estimate of drug-likeness (QED) is 0.132. The summed E-state index contributed by atoms with van der Waals surface area (Å²) in [4.78, 5) is 8.57. The van der Waals surface area contributed by atoms with Crippen LogP contribution < -0.4 is 11.1 Å². The van der Waals surface area contributed by atoms with E-state index in [2.05, 4.69) is 9.97 Å². The molecular weight excluding hydrogens is 662 g/mol. The molecular formula is C36H12F6N6O2. The van der Waals surface area contributed by atoms with Crippen LogP contribution in [0.1, 0.15) is 11.1 Å². The Labute approximate surface area is 274 Å². The Kier molecular flexibility index (Phi) is 7.06. The minimum Gasteiger partial charge on any atom is -0.434 e. The fourth-order valence-electron chi connectivity index (χ4n) is 5.87. The Hall–Kier alpha value is -7.16. The first kappa shape index (κ1) is 31.4. The van der Waals surface area contributed by atoms with Gasteiger partial charge in [-0.3, -0.25) is 0 Å². The average Bonchev–Trinajstić information content (AvgIpc) is 3.73. The molecule has 0 saturated heterocycles. The summed E-state index contributed by atoms with van der Waals surface area (Å²) in [7, 11) is 0. The van der Waals surface area contributed by atoms with Gasteiger partial charge in [0.05, 0.1) is 11.1 Å². The van der Waals surface area contributed by atoms with Crippen molar-refractivity contribution in [1.82, 2.24) is 9.97 Å². The van der Waals surface area contributed by atoms with Crippen molar-refractivity contribution >= 4 is 54.9 Å². The molecule has 2 aromatic heterocycles. The van der Waals surface area contributed by atoms with Crippen molar-refractivity contribution in [2.24, 2.45) is 0 Å². The van der Waals surface area contributed by atoms with Gasteiger partial charge in [-0.2, -0.15) is 47.4 Å². The number of fused-ring (bicyclic) bond motifs is 6. The zero-order chi connectivity index (χ0) is 35.5. The molecule has 0 aliphatic rings. The van der Waals surface area contributed by atoms with Crippen LogP contribution in [-0.4, -0.2) is 9.97 Å². The van der Waals surface area contributed by atoms with Crippen LogP contribution in [0.5, 0.6) is 0 Å². The van der Waals surface area contributed by atoms with E-state index < -0.39 is 34.6 Å². The molecule has 7 aromatic rings. The maximum atomic E-state index is 13.6. The first-order chi connectivity index (χ1) is 23.9. The van der Waals surface area contributed by atoms with Gasteiger partial charge < -0.3 is 8.83 Å². The molecule has 0 spiro atoms. The predicted molar refractivity (Wildman–Crippen MR) is 166 cm³/mol. The molecule has 240 valence electrons. The third-order valence-corrected chi connectivity index (χ3v) is 8.03. The zero-order valence-corrected chi connectivity index (χ0v) is 24.7. The summed E-state index contributed by atoms with van der Waals surface area (Å²) in [5, 5.41) is 39.1. The van der Waals surface area contributed by atoms with E-state index in [1.165, 1.54) is 36.4 Å². The lowest BCUT2D eigenvalue weighted by molar-refractivity contribution is -0.138. The Morgan fingerprint density at radius 3 is 1.14 bits per heavy atom. The van der Waals surface area contributed by atoms with Crippen molar-refractivity contribution < 1.29 is 35.2 Å². The van der Waals surface area contributed by atoms with Gasteiger partial charge in [-0.25, -0.2) is 9.97 Å². The highest BCUT2D eigenvalue weighted by atomic mass is 19.4. The minimum absolute atomic E-state index is 0.0356. The van der Waals surface area contributed by atoms with Crippen molar-refractivity contribution in [3.63, 3.8) is 0 Å². The van der Waals surface area contributed by atoms with Crippen LogP contribution in [0.4, 0.5) is 26.3 Å². The lowest BCUT2D eigenvalue weighted by atomic mass is 9.85. The van der Waals surface area contributed by atoms with E-state index in [1.54, 1.807) is 36.4 Å². The molecule has 50 heavy (non-hydrogen) atoms. The molecule has 2 heterocycles. The van der Waals surface area contributed by atoms with Crippen LogP contribution in [0.2, 0.25) is 0 Å². The molecule has 0 N–H and O–H groups in total. The van der Waals surface area contributed by atoms with E-state index in [-0.39, 0.29) is 66.3 Å². The molecule has 0 aliphatic carbocycles. The lowest BCUT2D eigenvalue weighted by Gasteiger charge is -2.18. The van der Waals surface area contributed by atoms with Gasteiger partial charge in [0.2, 0.25) is 11.1 Å². The molecule has 0 radical (unpaired) electrons. The van der Waals surface area contributed by atoms with Crippen LogP contribution in [0.25, 0.3) is 77.1 Å². The fraction of sp³-hybridized carbons (Fsp3) is 0.0556. The molecule has 5 aromatic carbocycles. The second-order valence-corrected chi connectivity index (χ2v) is 10.8. The lowest BCUT2D eigenvalue weighted by Crippen LogP contribution is -2.04. The molecule has 7 rings (SSSR count). The highest BCUT2D eigenvalue weighted by Gasteiger charge is 2.32. The van der Waals surface area contributed by atoms with Gasteiger partial charge in [0.15, 0.2) is 22.3 Å². The van der Waals surface area contributed by atoms with Crippen molar-refractivity contribution in [2.75, 3.05) is 0 Å². The van der Waals surface area contributed by atoms with Crippen molar-refractivity contribution in [1.29, 1.82) is 21.0 Å². The van der Waals surface area contributed by atoms with Crippen molar-refractivity contribution in [3.05, 3.63) is 95.0 Å². The molecule has 0 fully saturated rings. The molecule has 0 amide bonds. The first-order valence-electron chi connectivity index (χ1n) is 14.2. The number of nitrogens with zero attached hydrogens (tertiary/aromatic N) is 6. The second-order valence-electron chi connectivity index (χ2n) is 10.8. The Morgan fingerprint density at radius 1 is 0.500 bits per heavy atom. The van der Waals surface area contributed by atoms with E-state index in [9.17, 15) is 47.4 Å². The molecule has 0 aliphatic heterocycles. The highest BCUT2D eigenvalue weighted by molar-refractivity contribution is 6.30. The number of aromatic nitrogens is 2. The van der Waals surface area contributed by atoms with Crippen LogP contribution in [0, 0.1) is 45.3 Å². The summed E-state index contributed by atoms with van der Waals surface area (Å²) in [5.41, 5.74) is -1.91. The monoisotopic (exact) mass is 674 g/mol. The standard InChI is InChI=1S/C36H12F6N6O2/c37-35(38,39)21-5-1-17(2-6-21)27-23-9-11-26-32(50-34(48-26)20(15-45)16-46)30(23)28(18-3-7-22(8-4-18)36(40,41)42)24-10-12-25-31(29(24)27)49-33(47-25)19(13-43)14-44/h1-12H.